The predicted molar refractivity (Wildman–Crippen MR) is 150 cm³/mol. The zero-order chi connectivity index (χ0) is 30.8. The van der Waals surface area contributed by atoms with E-state index in [1.54, 1.807) is 0 Å². The molecule has 0 amide bonds. The third-order valence-electron chi connectivity index (χ3n) is 6.14. The smallest absolute Gasteiger partial charge is 0.550 e. The summed E-state index contributed by atoms with van der Waals surface area (Å²) < 4.78 is 0. The van der Waals surface area contributed by atoms with Crippen LogP contribution in [0.5, 0.6) is 0 Å². The van der Waals surface area contributed by atoms with E-state index in [0.29, 0.717) is 0 Å². The minimum Gasteiger partial charge on any atom is -0.550 e. The van der Waals surface area contributed by atoms with Crippen LogP contribution < -0.4 is 15.3 Å². The molecular weight excluding hydrogens is 531 g/mol. The summed E-state index contributed by atoms with van der Waals surface area (Å²) in [6.45, 7) is 12.0. The molecule has 0 rings (SSSR count). The van der Waals surface area contributed by atoms with Gasteiger partial charge in [-0.15, -0.1) is 0 Å². The number of carbonyl (C=O) groups excluding carboxylic acids is 6. The first-order valence-electron chi connectivity index (χ1n) is 14.5. The first-order valence-corrected chi connectivity index (χ1v) is 14.5. The third kappa shape index (κ3) is 27.5. The molecule has 0 fully saturated rings. The number of carboxylic acid groups (broad SMARTS) is 3. The molecule has 40 heavy (non-hydrogen) atoms. The van der Waals surface area contributed by atoms with Gasteiger partial charge in [-0.3, -0.25) is 14.4 Å². The second-order valence-electron chi connectivity index (χ2n) is 9.87. The van der Waals surface area contributed by atoms with E-state index in [9.17, 15) is 44.1 Å². The number of rotatable bonds is 21. The van der Waals surface area contributed by atoms with Crippen LogP contribution in [0.3, 0.4) is 0 Å². The van der Waals surface area contributed by atoms with Gasteiger partial charge in [0.25, 0.3) is 0 Å². The molecule has 0 aliphatic rings. The molecule has 0 aromatic carbocycles. The molecule has 228 valence electrons. The van der Waals surface area contributed by atoms with E-state index in [-0.39, 0.29) is 52.5 Å². The zero-order valence-corrected chi connectivity index (χ0v) is 26.7. The Bertz CT molecular complexity index is 609. The fourth-order valence-electron chi connectivity index (χ4n) is 4.35. The monoisotopic (exact) mass is 582 g/mol. The van der Waals surface area contributed by atoms with Gasteiger partial charge in [-0.05, 0) is 38.5 Å². The van der Waals surface area contributed by atoms with E-state index >= 15 is 0 Å². The first kappa shape index (κ1) is 45.0. The van der Waals surface area contributed by atoms with Gasteiger partial charge < -0.3 is 29.7 Å². The van der Waals surface area contributed by atoms with Crippen molar-refractivity contribution in [2.24, 2.45) is 17.8 Å². The van der Waals surface area contributed by atoms with Crippen LogP contribution in [0.1, 0.15) is 138 Å². The summed E-state index contributed by atoms with van der Waals surface area (Å²) in [5, 5.41) is 30.6. The summed E-state index contributed by atoms with van der Waals surface area (Å²) >= 11 is 0. The fraction of sp³-hybridized carbons (Fsp3) is 0.800. The molecule has 0 aromatic rings. The minimum absolute atomic E-state index is 0. The Morgan fingerprint density at radius 3 is 0.650 bits per heavy atom. The van der Waals surface area contributed by atoms with Gasteiger partial charge in [-0.1, -0.05) is 80.1 Å². The molecule has 0 saturated carbocycles. The average Bonchev–Trinajstić information content (AvgIpc) is 2.83. The second-order valence-corrected chi connectivity index (χ2v) is 9.87. The fourth-order valence-corrected chi connectivity index (χ4v) is 4.35. The molecule has 0 aromatic heterocycles. The van der Waals surface area contributed by atoms with E-state index in [1.165, 1.54) is 0 Å². The number of ketones is 3. The molecule has 0 aliphatic heterocycles. The topological polar surface area (TPSA) is 172 Å². The molecule has 10 heteroatoms. The molecule has 0 unspecified atom stereocenters. The number of hydrogen-bond acceptors (Lipinski definition) is 9. The van der Waals surface area contributed by atoms with Crippen molar-refractivity contribution in [2.45, 2.75) is 138 Å². The molecule has 9 nitrogen and oxygen atoms in total. The zero-order valence-electron chi connectivity index (χ0n) is 25.6. The molecule has 0 aliphatic carbocycles. The van der Waals surface area contributed by atoms with E-state index in [0.717, 1.165) is 77.0 Å². The van der Waals surface area contributed by atoms with Crippen LogP contribution in [0.4, 0.5) is 0 Å². The van der Waals surface area contributed by atoms with E-state index in [4.69, 9.17) is 0 Å². The van der Waals surface area contributed by atoms with Gasteiger partial charge in [0.05, 0.1) is 0 Å². The SMILES string of the molecule is CCCC(CCC)C(=O)CC(=O)[O-].CCCC(CCC)C(=O)CC(=O)[O-].CCCC(CCC)C(=O)CC(=O)[O-].[Al+3]. The third-order valence-corrected chi connectivity index (χ3v) is 6.14. The Labute approximate surface area is 252 Å². The van der Waals surface area contributed by atoms with E-state index in [2.05, 4.69) is 0 Å². The van der Waals surface area contributed by atoms with Crippen LogP contribution in [0.25, 0.3) is 0 Å². The Kier molecular flexibility index (Phi) is 33.6. The van der Waals surface area contributed by atoms with Gasteiger partial charge in [-0.25, -0.2) is 0 Å². The minimum atomic E-state index is -1.26. The molecule has 0 saturated heterocycles. The molecule has 0 spiro atoms. The van der Waals surface area contributed by atoms with E-state index < -0.39 is 37.2 Å². The van der Waals surface area contributed by atoms with Crippen molar-refractivity contribution in [2.75, 3.05) is 0 Å². The summed E-state index contributed by atoms with van der Waals surface area (Å²) in [4.78, 5) is 64.5. The van der Waals surface area contributed by atoms with Crippen molar-refractivity contribution in [1.82, 2.24) is 0 Å². The van der Waals surface area contributed by atoms with Crippen LogP contribution in [0.15, 0.2) is 0 Å². The molecular formula is C30H51AlO9. The summed E-state index contributed by atoms with van der Waals surface area (Å²) in [6.07, 6.45) is 8.99. The number of carbonyl (C=O) groups is 6. The summed E-state index contributed by atoms with van der Waals surface area (Å²) in [5.74, 6) is -4.54. The Hall–Kier alpha value is -2.05. The average molecular weight is 583 g/mol. The predicted octanol–water partition coefficient (Wildman–Crippen LogP) is 2.35. The van der Waals surface area contributed by atoms with Crippen molar-refractivity contribution < 1.29 is 44.1 Å². The van der Waals surface area contributed by atoms with Crippen molar-refractivity contribution in [1.29, 1.82) is 0 Å². The van der Waals surface area contributed by atoms with Gasteiger partial charge >= 0.3 is 17.4 Å². The summed E-state index contributed by atoms with van der Waals surface area (Å²) in [6, 6.07) is 0. The maximum Gasteiger partial charge on any atom is 3.00 e. The van der Waals surface area contributed by atoms with E-state index in [1.807, 2.05) is 41.5 Å². The Balaban J connectivity index is -0.000000240. The molecule has 0 bridgehead atoms. The number of aliphatic carboxylic acids is 3. The molecule has 0 heterocycles. The van der Waals surface area contributed by atoms with Gasteiger partial charge in [0.2, 0.25) is 0 Å². The Morgan fingerprint density at radius 1 is 0.400 bits per heavy atom. The van der Waals surface area contributed by atoms with Crippen molar-refractivity contribution >= 4 is 52.6 Å². The van der Waals surface area contributed by atoms with Crippen LogP contribution in [-0.2, 0) is 28.8 Å². The summed E-state index contributed by atoms with van der Waals surface area (Å²) in [7, 11) is 0. The van der Waals surface area contributed by atoms with Gasteiger partial charge in [0, 0.05) is 54.9 Å². The van der Waals surface area contributed by atoms with Gasteiger partial charge in [0.15, 0.2) is 0 Å². The Morgan fingerprint density at radius 2 is 0.550 bits per heavy atom. The van der Waals surface area contributed by atoms with Gasteiger partial charge in [-0.2, -0.15) is 0 Å². The molecule has 0 N–H and O–H groups in total. The quantitative estimate of drug-likeness (QED) is 0.145. The van der Waals surface area contributed by atoms with Crippen molar-refractivity contribution in [3.05, 3.63) is 0 Å². The summed E-state index contributed by atoms with van der Waals surface area (Å²) in [5.41, 5.74) is 0. The molecule has 0 radical (unpaired) electrons. The first-order chi connectivity index (χ1) is 18.3. The van der Waals surface area contributed by atoms with Gasteiger partial charge in [0.1, 0.15) is 17.3 Å². The maximum atomic E-state index is 11.3. The van der Waals surface area contributed by atoms with Crippen LogP contribution in [0, 0.1) is 17.8 Å². The maximum absolute atomic E-state index is 11.3. The largest absolute Gasteiger partial charge is 3.00 e. The van der Waals surface area contributed by atoms with Crippen molar-refractivity contribution in [3.63, 3.8) is 0 Å². The molecule has 0 atom stereocenters. The normalized spacial score (nSPS) is 10.1. The van der Waals surface area contributed by atoms with Crippen LogP contribution in [-0.4, -0.2) is 52.6 Å². The second kappa shape index (κ2) is 29.9. The van der Waals surface area contributed by atoms with Crippen LogP contribution >= 0.6 is 0 Å². The number of Topliss-reactive ketones (excluding diaryl/α,β-unsaturated/α-hetero) is 3. The van der Waals surface area contributed by atoms with Crippen molar-refractivity contribution in [3.8, 4) is 0 Å². The standard InChI is InChI=1S/3C10H18O3.Al/c3*1-3-5-8(6-4-2)9(11)7-10(12)13;/h3*8H,3-7H2,1-2H3,(H,12,13);/q;;;+3/p-3. The van der Waals surface area contributed by atoms with Crippen LogP contribution in [0.2, 0.25) is 0 Å². The number of carboxylic acids is 3. The number of hydrogen-bond donors (Lipinski definition) is 0.